The van der Waals surface area contributed by atoms with Crippen LogP contribution in [0.1, 0.15) is 29.2 Å². The van der Waals surface area contributed by atoms with Crippen molar-refractivity contribution in [3.05, 3.63) is 112 Å². The molecule has 0 radical (unpaired) electrons. The number of thioether (sulfide) groups is 1. The maximum absolute atomic E-state index is 13.2. The minimum atomic E-state index is -0.823. The van der Waals surface area contributed by atoms with Crippen LogP contribution in [0.4, 0.5) is 0 Å². The lowest BCUT2D eigenvalue weighted by Crippen LogP contribution is -2.71. The van der Waals surface area contributed by atoms with Crippen LogP contribution in [0, 0.1) is 0 Å². The van der Waals surface area contributed by atoms with Crippen molar-refractivity contribution in [1.82, 2.24) is 10.2 Å². The van der Waals surface area contributed by atoms with Crippen molar-refractivity contribution >= 4 is 35.5 Å². The molecule has 3 aromatic carbocycles. The SMILES string of the molecule is COc1ccc(COC(=O)C2=C(C)[C@@H](OC)S[C@@H]3[C@@H](NC(=O)Cc4ccc(CC(=O)OCc5ccccc5)cc4)C(=O)N23)cc1. The zero-order valence-corrected chi connectivity index (χ0v) is 26.0. The van der Waals surface area contributed by atoms with Gasteiger partial charge in [0.2, 0.25) is 5.91 Å². The van der Waals surface area contributed by atoms with Crippen LogP contribution in [-0.2, 0) is 59.4 Å². The molecule has 0 aromatic heterocycles. The van der Waals surface area contributed by atoms with Gasteiger partial charge in [-0.2, -0.15) is 0 Å². The fraction of sp³-hybridized carbons (Fsp3) is 0.294. The van der Waals surface area contributed by atoms with Crippen molar-refractivity contribution in [2.75, 3.05) is 14.2 Å². The summed E-state index contributed by atoms with van der Waals surface area (Å²) in [4.78, 5) is 53.0. The molecule has 0 spiro atoms. The van der Waals surface area contributed by atoms with Gasteiger partial charge in [-0.15, -0.1) is 0 Å². The Morgan fingerprint density at radius 1 is 0.800 bits per heavy atom. The Hall–Kier alpha value is -4.61. The second-order valence-electron chi connectivity index (χ2n) is 10.6. The molecule has 0 aliphatic carbocycles. The molecule has 3 aromatic rings. The van der Waals surface area contributed by atoms with E-state index in [9.17, 15) is 19.2 Å². The van der Waals surface area contributed by atoms with Crippen LogP contribution < -0.4 is 10.1 Å². The molecular weight excluding hydrogens is 596 g/mol. The van der Waals surface area contributed by atoms with Crippen LogP contribution in [0.3, 0.4) is 0 Å². The Kier molecular flexibility index (Phi) is 10.2. The molecule has 5 rings (SSSR count). The quantitative estimate of drug-likeness (QED) is 0.235. The van der Waals surface area contributed by atoms with Crippen molar-refractivity contribution < 1.29 is 38.1 Å². The third-order valence-electron chi connectivity index (χ3n) is 7.51. The van der Waals surface area contributed by atoms with Crippen LogP contribution in [0.15, 0.2) is 90.1 Å². The first-order chi connectivity index (χ1) is 21.8. The first-order valence-corrected chi connectivity index (χ1v) is 15.3. The number of nitrogens with zero attached hydrogens (tertiary/aromatic N) is 1. The van der Waals surface area contributed by atoms with Crippen molar-refractivity contribution in [3.63, 3.8) is 0 Å². The molecule has 2 heterocycles. The Morgan fingerprint density at radius 3 is 2.04 bits per heavy atom. The number of hydrogen-bond donors (Lipinski definition) is 1. The molecule has 11 heteroatoms. The zero-order valence-electron chi connectivity index (χ0n) is 25.2. The van der Waals surface area contributed by atoms with E-state index in [4.69, 9.17) is 18.9 Å². The number of carbonyl (C=O) groups is 4. The molecule has 0 saturated carbocycles. The summed E-state index contributed by atoms with van der Waals surface area (Å²) in [5.74, 6) is -1.03. The van der Waals surface area contributed by atoms with E-state index in [1.54, 1.807) is 62.6 Å². The predicted octanol–water partition coefficient (Wildman–Crippen LogP) is 3.91. The summed E-state index contributed by atoms with van der Waals surface area (Å²) in [6.07, 6.45) is 0.155. The summed E-state index contributed by atoms with van der Waals surface area (Å²) in [6.45, 7) is 1.96. The van der Waals surface area contributed by atoms with E-state index in [0.29, 0.717) is 11.3 Å². The number of nitrogens with one attached hydrogen (secondary N) is 1. The van der Waals surface area contributed by atoms with Gasteiger partial charge in [-0.05, 0) is 46.9 Å². The monoisotopic (exact) mass is 630 g/mol. The zero-order chi connectivity index (χ0) is 31.9. The third-order valence-corrected chi connectivity index (χ3v) is 9.06. The van der Waals surface area contributed by atoms with E-state index in [-0.39, 0.29) is 43.6 Å². The summed E-state index contributed by atoms with van der Waals surface area (Å²) < 4.78 is 21.6. The molecule has 1 saturated heterocycles. The lowest BCUT2D eigenvalue weighted by atomic mass is 10.0. The number of ether oxygens (including phenoxy) is 4. The first kappa shape index (κ1) is 31.8. The van der Waals surface area contributed by atoms with Gasteiger partial charge in [0, 0.05) is 7.11 Å². The lowest BCUT2D eigenvalue weighted by Gasteiger charge is -2.51. The van der Waals surface area contributed by atoms with Crippen molar-refractivity contribution in [2.24, 2.45) is 0 Å². The average Bonchev–Trinajstić information content (AvgIpc) is 3.06. The maximum Gasteiger partial charge on any atom is 0.355 e. The lowest BCUT2D eigenvalue weighted by molar-refractivity contribution is -0.153. The first-order valence-electron chi connectivity index (χ1n) is 14.4. The summed E-state index contributed by atoms with van der Waals surface area (Å²) in [6, 6.07) is 22.9. The van der Waals surface area contributed by atoms with E-state index >= 15 is 0 Å². The Labute approximate surface area is 265 Å². The Balaban J connectivity index is 1.14. The van der Waals surface area contributed by atoms with E-state index in [2.05, 4.69) is 5.32 Å². The number of hydrogen-bond acceptors (Lipinski definition) is 9. The Morgan fingerprint density at radius 2 is 1.40 bits per heavy atom. The number of fused-ring (bicyclic) bond motifs is 1. The topological polar surface area (TPSA) is 120 Å². The summed E-state index contributed by atoms with van der Waals surface area (Å²) >= 11 is 1.34. The second-order valence-corrected chi connectivity index (χ2v) is 11.8. The predicted molar refractivity (Wildman–Crippen MR) is 167 cm³/mol. The van der Waals surface area contributed by atoms with Crippen LogP contribution in [0.2, 0.25) is 0 Å². The van der Waals surface area contributed by atoms with Gasteiger partial charge >= 0.3 is 11.9 Å². The molecule has 2 aliphatic heterocycles. The van der Waals surface area contributed by atoms with Crippen molar-refractivity contribution in [2.45, 2.75) is 49.8 Å². The molecule has 10 nitrogen and oxygen atoms in total. The highest BCUT2D eigenvalue weighted by molar-refractivity contribution is 8.00. The van der Waals surface area contributed by atoms with Crippen LogP contribution in [-0.4, -0.2) is 59.7 Å². The molecule has 0 unspecified atom stereocenters. The highest BCUT2D eigenvalue weighted by Gasteiger charge is 2.56. The van der Waals surface area contributed by atoms with Crippen LogP contribution >= 0.6 is 11.8 Å². The molecule has 3 atom stereocenters. The van der Waals surface area contributed by atoms with Crippen molar-refractivity contribution in [1.29, 1.82) is 0 Å². The standard InChI is InChI=1S/C34H34N2O8S/c1-21-30(33(40)44-20-25-13-15-26(41-2)16-14-25)36-31(39)29(32(36)45-34(21)42-3)35-27(37)17-22-9-11-23(12-10-22)18-28(38)43-19-24-7-5-4-6-8-24/h4-16,29,32,34H,17-20H2,1-3H3,(H,35,37)/t29-,32+,34-/m0/s1. The summed E-state index contributed by atoms with van der Waals surface area (Å²) in [5, 5.41) is 2.29. The van der Waals surface area contributed by atoms with E-state index in [1.165, 1.54) is 23.8 Å². The third kappa shape index (κ3) is 7.55. The fourth-order valence-corrected chi connectivity index (χ4v) is 6.43. The molecule has 45 heavy (non-hydrogen) atoms. The Bertz CT molecular complexity index is 1570. The van der Waals surface area contributed by atoms with Crippen LogP contribution in [0.5, 0.6) is 5.75 Å². The molecule has 2 aliphatic rings. The molecule has 0 bridgehead atoms. The van der Waals surface area contributed by atoms with Gasteiger partial charge < -0.3 is 24.3 Å². The molecule has 1 fully saturated rings. The number of rotatable bonds is 12. The minimum absolute atomic E-state index is 0.0188. The van der Waals surface area contributed by atoms with Crippen LogP contribution in [0.25, 0.3) is 0 Å². The number of carbonyl (C=O) groups excluding carboxylic acids is 4. The number of β-lactam (4-membered cyclic amide) rings is 1. The van der Waals surface area contributed by atoms with Gasteiger partial charge in [0.25, 0.3) is 5.91 Å². The molecule has 234 valence electrons. The average molecular weight is 631 g/mol. The number of benzene rings is 3. The normalized spacial score (nSPS) is 18.9. The summed E-state index contributed by atoms with van der Waals surface area (Å²) in [7, 11) is 3.10. The van der Waals surface area contributed by atoms with Gasteiger partial charge in [0.1, 0.15) is 41.5 Å². The second kappa shape index (κ2) is 14.4. The van der Waals surface area contributed by atoms with Gasteiger partial charge in [-0.25, -0.2) is 4.79 Å². The van der Waals surface area contributed by atoms with Crippen molar-refractivity contribution in [3.8, 4) is 5.75 Å². The van der Waals surface area contributed by atoms with E-state index < -0.39 is 28.7 Å². The van der Waals surface area contributed by atoms with Gasteiger partial charge in [-0.1, -0.05) is 78.5 Å². The fourth-order valence-electron chi connectivity index (χ4n) is 5.08. The highest BCUT2D eigenvalue weighted by Crippen LogP contribution is 2.44. The maximum atomic E-state index is 13.2. The summed E-state index contributed by atoms with van der Waals surface area (Å²) in [5.41, 5.74) is 3.38. The highest BCUT2D eigenvalue weighted by atomic mass is 32.2. The smallest absolute Gasteiger partial charge is 0.355 e. The van der Waals surface area contributed by atoms with E-state index in [1.807, 2.05) is 30.3 Å². The van der Waals surface area contributed by atoms with Gasteiger partial charge in [-0.3, -0.25) is 19.3 Å². The molecular formula is C34H34N2O8S. The van der Waals surface area contributed by atoms with E-state index in [0.717, 1.165) is 22.3 Å². The number of methoxy groups -OCH3 is 2. The minimum Gasteiger partial charge on any atom is -0.497 e. The molecule has 2 amide bonds. The van der Waals surface area contributed by atoms with Gasteiger partial charge in [0.15, 0.2) is 0 Å². The number of amides is 2. The van der Waals surface area contributed by atoms with Gasteiger partial charge in [0.05, 0.1) is 20.0 Å². The molecule has 1 N–H and O–H groups in total. The number of esters is 2. The largest absolute Gasteiger partial charge is 0.497 e.